The number of benzene rings is 1. The molecule has 1 aromatic carbocycles. The van der Waals surface area contributed by atoms with Crippen molar-refractivity contribution in [2.24, 2.45) is 7.05 Å². The Labute approximate surface area is 96.3 Å². The summed E-state index contributed by atoms with van der Waals surface area (Å²) in [6, 6.07) is 7.73. The highest BCUT2D eigenvalue weighted by Gasteiger charge is 2.09. The second-order valence-corrected chi connectivity index (χ2v) is 4.62. The van der Waals surface area contributed by atoms with Crippen LogP contribution in [0.5, 0.6) is 0 Å². The normalized spacial score (nSPS) is 11.1. The number of hydrogen-bond donors (Lipinski definition) is 1. The fraction of sp³-hybridized carbons (Fsp3) is 0.0909. The quantitative estimate of drug-likeness (QED) is 0.652. The van der Waals surface area contributed by atoms with Crippen LogP contribution in [0.15, 0.2) is 30.5 Å². The smallest absolute Gasteiger partial charge is 0.142 e. The zero-order valence-corrected chi connectivity index (χ0v) is 9.53. The highest BCUT2D eigenvalue weighted by Crippen LogP contribution is 2.30. The van der Waals surface area contributed by atoms with Gasteiger partial charge < -0.3 is 5.73 Å². The van der Waals surface area contributed by atoms with E-state index >= 15 is 0 Å². The highest BCUT2D eigenvalue weighted by atomic mass is 32.1. The number of aryl methyl sites for hydroxylation is 1. The second kappa shape index (κ2) is 3.31. The summed E-state index contributed by atoms with van der Waals surface area (Å²) in [5.41, 5.74) is 8.52. The molecule has 4 nitrogen and oxygen atoms in total. The number of nitrogens with zero attached hydrogens (tertiary/aromatic N) is 3. The molecule has 5 heteroatoms. The van der Waals surface area contributed by atoms with E-state index in [9.17, 15) is 0 Å². The van der Waals surface area contributed by atoms with Gasteiger partial charge in [-0.1, -0.05) is 0 Å². The van der Waals surface area contributed by atoms with Gasteiger partial charge in [0.2, 0.25) is 0 Å². The van der Waals surface area contributed by atoms with Gasteiger partial charge in [-0.15, -0.1) is 11.3 Å². The summed E-state index contributed by atoms with van der Waals surface area (Å²) in [7, 11) is 1.91. The van der Waals surface area contributed by atoms with Crippen molar-refractivity contribution in [3.05, 3.63) is 30.5 Å². The van der Waals surface area contributed by atoms with Crippen molar-refractivity contribution in [2.75, 3.05) is 5.73 Å². The van der Waals surface area contributed by atoms with Gasteiger partial charge in [-0.05, 0) is 24.3 Å². The zero-order valence-electron chi connectivity index (χ0n) is 8.71. The molecule has 3 rings (SSSR count). The van der Waals surface area contributed by atoms with E-state index in [-0.39, 0.29) is 0 Å². The second-order valence-electron chi connectivity index (χ2n) is 3.59. The van der Waals surface area contributed by atoms with E-state index in [1.165, 1.54) is 0 Å². The van der Waals surface area contributed by atoms with Gasteiger partial charge in [0.25, 0.3) is 0 Å². The van der Waals surface area contributed by atoms with Crippen molar-refractivity contribution >= 4 is 27.2 Å². The minimum absolute atomic E-state index is 0.771. The summed E-state index contributed by atoms with van der Waals surface area (Å²) in [5.74, 6) is 0. The van der Waals surface area contributed by atoms with Crippen LogP contribution in [0.1, 0.15) is 0 Å². The van der Waals surface area contributed by atoms with Crippen LogP contribution < -0.4 is 5.73 Å². The molecule has 0 bridgehead atoms. The molecule has 80 valence electrons. The van der Waals surface area contributed by atoms with Gasteiger partial charge >= 0.3 is 0 Å². The number of rotatable bonds is 1. The molecule has 0 radical (unpaired) electrons. The average molecular weight is 230 g/mol. The molecule has 0 aliphatic rings. The van der Waals surface area contributed by atoms with Crippen molar-refractivity contribution in [3.8, 4) is 10.7 Å². The number of thiazole rings is 1. The molecule has 2 heterocycles. The Morgan fingerprint density at radius 1 is 1.31 bits per heavy atom. The summed E-state index contributed by atoms with van der Waals surface area (Å²) >= 11 is 1.63. The Hall–Kier alpha value is -1.88. The van der Waals surface area contributed by atoms with E-state index in [0.717, 1.165) is 26.6 Å². The third-order valence-corrected chi connectivity index (χ3v) is 3.49. The highest BCUT2D eigenvalue weighted by molar-refractivity contribution is 7.21. The Kier molecular flexibility index (Phi) is 1.94. The van der Waals surface area contributed by atoms with Crippen LogP contribution in [-0.2, 0) is 7.05 Å². The third-order valence-electron chi connectivity index (χ3n) is 2.45. The maximum Gasteiger partial charge on any atom is 0.142 e. The van der Waals surface area contributed by atoms with Gasteiger partial charge in [-0.25, -0.2) is 4.98 Å². The predicted molar refractivity (Wildman–Crippen MR) is 66.2 cm³/mol. The number of nitrogen functional groups attached to an aromatic ring is 1. The number of anilines is 1. The molecule has 0 saturated heterocycles. The molecule has 0 amide bonds. The molecule has 0 atom stereocenters. The largest absolute Gasteiger partial charge is 0.399 e. The molecule has 0 aliphatic carbocycles. The monoisotopic (exact) mass is 230 g/mol. The first-order valence-corrected chi connectivity index (χ1v) is 5.70. The number of aromatic nitrogens is 3. The van der Waals surface area contributed by atoms with Gasteiger partial charge in [0.05, 0.1) is 15.9 Å². The van der Waals surface area contributed by atoms with Crippen LogP contribution >= 0.6 is 11.3 Å². The van der Waals surface area contributed by atoms with Crippen LogP contribution in [0.2, 0.25) is 0 Å². The lowest BCUT2D eigenvalue weighted by atomic mass is 10.3. The molecule has 0 aliphatic heterocycles. The Bertz CT molecular complexity index is 653. The molecule has 0 spiro atoms. The van der Waals surface area contributed by atoms with Crippen molar-refractivity contribution in [2.45, 2.75) is 0 Å². The third kappa shape index (κ3) is 1.37. The van der Waals surface area contributed by atoms with E-state index in [0.29, 0.717) is 0 Å². The first kappa shape index (κ1) is 9.35. The van der Waals surface area contributed by atoms with Crippen LogP contribution in [0.3, 0.4) is 0 Å². The van der Waals surface area contributed by atoms with Crippen molar-refractivity contribution < 1.29 is 0 Å². The predicted octanol–water partition coefficient (Wildman–Crippen LogP) is 2.28. The summed E-state index contributed by atoms with van der Waals surface area (Å²) in [5, 5.41) is 5.11. The fourth-order valence-electron chi connectivity index (χ4n) is 1.63. The van der Waals surface area contributed by atoms with Gasteiger partial charge in [-0.2, -0.15) is 5.10 Å². The molecule has 16 heavy (non-hydrogen) atoms. The molecule has 0 unspecified atom stereocenters. The Morgan fingerprint density at radius 3 is 2.94 bits per heavy atom. The fourth-order valence-corrected chi connectivity index (χ4v) is 2.70. The average Bonchev–Trinajstić information content (AvgIpc) is 2.82. The van der Waals surface area contributed by atoms with Gasteiger partial charge in [0.1, 0.15) is 5.01 Å². The van der Waals surface area contributed by atoms with Crippen molar-refractivity contribution in [3.63, 3.8) is 0 Å². The van der Waals surface area contributed by atoms with Gasteiger partial charge in [-0.3, -0.25) is 4.68 Å². The molecule has 2 aromatic heterocycles. The number of fused-ring (bicyclic) bond motifs is 1. The number of nitrogens with two attached hydrogens (primary N) is 1. The first-order valence-electron chi connectivity index (χ1n) is 4.88. The lowest BCUT2D eigenvalue weighted by Gasteiger charge is -1.94. The topological polar surface area (TPSA) is 56.7 Å². The summed E-state index contributed by atoms with van der Waals surface area (Å²) in [6.45, 7) is 0. The molecular weight excluding hydrogens is 220 g/mol. The maximum atomic E-state index is 5.74. The van der Waals surface area contributed by atoms with E-state index < -0.39 is 0 Å². The van der Waals surface area contributed by atoms with E-state index in [1.807, 2.05) is 36.0 Å². The standard InChI is InChI=1S/C11H10N4S/c1-15-9(4-5-13-15)11-14-8-3-2-7(12)6-10(8)16-11/h2-6H,12H2,1H3. The molecule has 0 fully saturated rings. The van der Waals surface area contributed by atoms with Crippen LogP contribution in [0, 0.1) is 0 Å². The van der Waals surface area contributed by atoms with Crippen LogP contribution in [0.4, 0.5) is 5.69 Å². The minimum Gasteiger partial charge on any atom is -0.399 e. The molecule has 2 N–H and O–H groups in total. The van der Waals surface area contributed by atoms with Gasteiger partial charge in [0.15, 0.2) is 0 Å². The van der Waals surface area contributed by atoms with Gasteiger partial charge in [0, 0.05) is 18.9 Å². The Morgan fingerprint density at radius 2 is 2.19 bits per heavy atom. The van der Waals surface area contributed by atoms with E-state index in [1.54, 1.807) is 17.5 Å². The van der Waals surface area contributed by atoms with E-state index in [4.69, 9.17) is 5.73 Å². The molecule has 3 aromatic rings. The Balaban J connectivity index is 2.23. The maximum absolute atomic E-state index is 5.74. The number of hydrogen-bond acceptors (Lipinski definition) is 4. The summed E-state index contributed by atoms with van der Waals surface area (Å²) < 4.78 is 2.93. The SMILES string of the molecule is Cn1nccc1-c1nc2ccc(N)cc2s1. The zero-order chi connectivity index (χ0) is 11.1. The first-order chi connectivity index (χ1) is 7.74. The van der Waals surface area contributed by atoms with Crippen LogP contribution in [-0.4, -0.2) is 14.8 Å². The molecule has 0 saturated carbocycles. The lowest BCUT2D eigenvalue weighted by molar-refractivity contribution is 0.775. The minimum atomic E-state index is 0.771. The lowest BCUT2D eigenvalue weighted by Crippen LogP contribution is -1.92. The summed E-state index contributed by atoms with van der Waals surface area (Å²) in [6.07, 6.45) is 1.77. The van der Waals surface area contributed by atoms with E-state index in [2.05, 4.69) is 10.1 Å². The van der Waals surface area contributed by atoms with Crippen molar-refractivity contribution in [1.82, 2.24) is 14.8 Å². The van der Waals surface area contributed by atoms with Crippen molar-refractivity contribution in [1.29, 1.82) is 0 Å². The molecular formula is C11H10N4S. The summed E-state index contributed by atoms with van der Waals surface area (Å²) in [4.78, 5) is 4.56. The van der Waals surface area contributed by atoms with Crippen LogP contribution in [0.25, 0.3) is 20.9 Å².